The molecule has 0 N–H and O–H groups in total. The molecule has 0 amide bonds. The normalized spacial score (nSPS) is 11.3. The van der Waals surface area contributed by atoms with Crippen molar-refractivity contribution in [3.05, 3.63) is 66.7 Å². The van der Waals surface area contributed by atoms with E-state index in [2.05, 4.69) is 79.8 Å². The molecule has 0 spiro atoms. The van der Waals surface area contributed by atoms with Crippen molar-refractivity contribution >= 4 is 29.2 Å². The van der Waals surface area contributed by atoms with E-state index in [1.165, 1.54) is 16.0 Å². The number of fused-ring (bicyclic) bond motifs is 1. The fourth-order valence-corrected chi connectivity index (χ4v) is 5.44. The summed E-state index contributed by atoms with van der Waals surface area (Å²) >= 11 is 0. The second-order valence-corrected chi connectivity index (χ2v) is 9.69. The van der Waals surface area contributed by atoms with E-state index in [0.717, 1.165) is 0 Å². The Balaban J connectivity index is 0.00000133. The average Bonchev–Trinajstić information content (AvgIpc) is 2.84. The van der Waals surface area contributed by atoms with Gasteiger partial charge in [0.05, 0.1) is 8.07 Å². The van der Waals surface area contributed by atoms with Crippen LogP contribution < -0.4 is 29.2 Å². The third-order valence-electron chi connectivity index (χ3n) is 3.85. The third kappa shape index (κ3) is 2.47. The third-order valence-corrected chi connectivity index (χ3v) is 7.41. The molecule has 2 heteroatoms. The summed E-state index contributed by atoms with van der Waals surface area (Å²) in [5, 5.41) is 5.84. The minimum absolute atomic E-state index is 0. The summed E-state index contributed by atoms with van der Waals surface area (Å²) in [6.07, 6.45) is 0. The Morgan fingerprint density at radius 3 is 2.16 bits per heavy atom. The summed E-state index contributed by atoms with van der Waals surface area (Å²) in [7, 11) is -1.57. The number of hydrogen-bond donors (Lipinski definition) is 0. The van der Waals surface area contributed by atoms with Gasteiger partial charge in [0.1, 0.15) is 0 Å². The van der Waals surface area contributed by atoms with Crippen molar-refractivity contribution in [3.63, 3.8) is 0 Å². The van der Waals surface area contributed by atoms with Crippen molar-refractivity contribution in [2.75, 3.05) is 0 Å². The molecule has 0 radical (unpaired) electrons. The van der Waals surface area contributed by atoms with E-state index in [0.29, 0.717) is 0 Å². The van der Waals surface area contributed by atoms with Crippen LogP contribution in [0.3, 0.4) is 0 Å². The van der Waals surface area contributed by atoms with E-state index < -0.39 is 8.07 Å². The summed E-state index contributed by atoms with van der Waals surface area (Å²) in [6.45, 7) is 4.87. The van der Waals surface area contributed by atoms with Crippen molar-refractivity contribution in [2.24, 2.45) is 0 Å². The molecule has 3 aromatic carbocycles. The van der Waals surface area contributed by atoms with E-state index >= 15 is 0 Å². The molecule has 0 bridgehead atoms. The van der Waals surface area contributed by atoms with Gasteiger partial charge in [-0.15, -0.1) is 34.2 Å². The van der Waals surface area contributed by atoms with Crippen LogP contribution in [-0.2, 0) is 0 Å². The Labute approximate surface area is 128 Å². The topological polar surface area (TPSA) is 0 Å². The molecule has 0 aliphatic carbocycles. The van der Waals surface area contributed by atoms with Crippen LogP contribution in [0.1, 0.15) is 0 Å². The maximum atomic E-state index is 2.43. The smallest absolute Gasteiger partial charge is 0.168 e. The minimum atomic E-state index is -1.57. The Morgan fingerprint density at radius 1 is 0.789 bits per heavy atom. The van der Waals surface area contributed by atoms with Gasteiger partial charge in [-0.05, 0) is 0 Å². The molecule has 0 aliphatic rings. The molecule has 0 aromatic heterocycles. The van der Waals surface area contributed by atoms with Gasteiger partial charge in [-0.25, -0.2) is 0 Å². The maximum absolute atomic E-state index is 2.43. The van der Waals surface area contributed by atoms with Crippen molar-refractivity contribution in [3.8, 4) is 0 Å². The zero-order chi connectivity index (χ0) is 12.6. The van der Waals surface area contributed by atoms with Gasteiger partial charge in [0.15, 0.2) is 0 Å². The Bertz CT molecular complexity index is 668. The average molecular weight is 256 g/mol. The van der Waals surface area contributed by atoms with Gasteiger partial charge in [-0.3, -0.25) is 0 Å². The van der Waals surface area contributed by atoms with Gasteiger partial charge in [-0.1, -0.05) is 54.7 Å². The molecule has 0 nitrogen and oxygen atoms in total. The summed E-state index contributed by atoms with van der Waals surface area (Å²) < 4.78 is 0. The molecule has 3 rings (SSSR count). The molecular weight excluding hydrogens is 239 g/mol. The molecule has 19 heavy (non-hydrogen) atoms. The van der Waals surface area contributed by atoms with Gasteiger partial charge in [-0.2, -0.15) is 12.1 Å². The summed E-state index contributed by atoms with van der Waals surface area (Å²) in [5.74, 6) is 0. The Kier molecular flexibility index (Phi) is 4.11. The first-order valence-corrected chi connectivity index (χ1v) is 9.40. The Morgan fingerprint density at radius 2 is 1.42 bits per heavy atom. The fraction of sp³-hybridized carbons (Fsp3) is 0.118. The van der Waals surface area contributed by atoms with Crippen LogP contribution in [0, 0.1) is 0 Å². The summed E-state index contributed by atoms with van der Waals surface area (Å²) in [4.78, 5) is 0. The van der Waals surface area contributed by atoms with Crippen LogP contribution in [0.5, 0.6) is 0 Å². The van der Waals surface area contributed by atoms with E-state index in [4.69, 9.17) is 0 Å². The van der Waals surface area contributed by atoms with Crippen LogP contribution in [0.25, 0.3) is 10.8 Å². The standard InChI is InChI=1S/C17H17Si.Li/c1-18(2,15-9-4-3-5-10-15)17-13-12-14-8-6-7-11-16(14)17;/h3-13H,1-2H3;/q-1;+1. The number of hydrogen-bond acceptors (Lipinski definition) is 0. The molecule has 90 valence electrons. The van der Waals surface area contributed by atoms with Crippen LogP contribution >= 0.6 is 0 Å². The van der Waals surface area contributed by atoms with E-state index in [9.17, 15) is 0 Å². The zero-order valence-corrected chi connectivity index (χ0v) is 12.9. The number of benzene rings is 2. The SMILES string of the molecule is C[Si](C)(c1ccccc1)[c-]1ccc2ccccc21.[Li+]. The zero-order valence-electron chi connectivity index (χ0n) is 11.9. The van der Waals surface area contributed by atoms with Gasteiger partial charge in [0.2, 0.25) is 0 Å². The first-order chi connectivity index (χ1) is 8.69. The fourth-order valence-electron chi connectivity index (χ4n) is 2.71. The summed E-state index contributed by atoms with van der Waals surface area (Å²) in [6, 6.07) is 24.2. The molecule has 0 aliphatic heterocycles. The predicted molar refractivity (Wildman–Crippen MR) is 82.7 cm³/mol. The predicted octanol–water partition coefficient (Wildman–Crippen LogP) is 0.385. The quantitative estimate of drug-likeness (QED) is 0.459. The molecule has 0 saturated heterocycles. The van der Waals surface area contributed by atoms with E-state index in [-0.39, 0.29) is 18.9 Å². The van der Waals surface area contributed by atoms with Crippen LogP contribution in [0.15, 0.2) is 66.7 Å². The van der Waals surface area contributed by atoms with Crippen molar-refractivity contribution in [1.29, 1.82) is 0 Å². The largest absolute Gasteiger partial charge is 1.00 e. The molecule has 0 atom stereocenters. The first-order valence-electron chi connectivity index (χ1n) is 6.40. The monoisotopic (exact) mass is 256 g/mol. The second kappa shape index (κ2) is 5.47. The molecule has 0 heterocycles. The van der Waals surface area contributed by atoms with Crippen molar-refractivity contribution in [2.45, 2.75) is 13.1 Å². The van der Waals surface area contributed by atoms with Gasteiger partial charge in [0.25, 0.3) is 0 Å². The van der Waals surface area contributed by atoms with Crippen molar-refractivity contribution < 1.29 is 18.9 Å². The van der Waals surface area contributed by atoms with E-state index in [1.807, 2.05) is 0 Å². The van der Waals surface area contributed by atoms with Crippen LogP contribution in [-0.4, -0.2) is 8.07 Å². The minimum Gasteiger partial charge on any atom is -0.168 e. The Hall–Kier alpha value is -1.14. The van der Waals surface area contributed by atoms with E-state index in [1.54, 1.807) is 5.19 Å². The van der Waals surface area contributed by atoms with Crippen LogP contribution in [0.2, 0.25) is 13.1 Å². The molecular formula is C17H17LiSi. The van der Waals surface area contributed by atoms with Gasteiger partial charge < -0.3 is 0 Å². The van der Waals surface area contributed by atoms with Crippen molar-refractivity contribution in [1.82, 2.24) is 0 Å². The molecule has 3 aromatic rings. The molecule has 0 fully saturated rings. The van der Waals surface area contributed by atoms with Gasteiger partial charge >= 0.3 is 18.9 Å². The first kappa shape index (κ1) is 14.3. The maximum Gasteiger partial charge on any atom is 1.00 e. The molecule has 0 saturated carbocycles. The second-order valence-electron chi connectivity index (χ2n) is 5.33. The number of rotatable bonds is 2. The summed E-state index contributed by atoms with van der Waals surface area (Å²) in [5.41, 5.74) is 0. The van der Waals surface area contributed by atoms with Crippen LogP contribution in [0.4, 0.5) is 0 Å². The molecule has 0 unspecified atom stereocenters. The van der Waals surface area contributed by atoms with Gasteiger partial charge in [0, 0.05) is 0 Å².